The molecule has 2 aromatic carbocycles. The molecule has 0 bridgehead atoms. The Labute approximate surface area is 287 Å². The van der Waals surface area contributed by atoms with Gasteiger partial charge in [0.25, 0.3) is 0 Å². The molecule has 4 rings (SSSR count). The van der Waals surface area contributed by atoms with Gasteiger partial charge in [-0.15, -0.1) is 0 Å². The second kappa shape index (κ2) is 16.9. The van der Waals surface area contributed by atoms with Gasteiger partial charge in [-0.3, -0.25) is 19.2 Å². The van der Waals surface area contributed by atoms with Crippen molar-refractivity contribution in [3.63, 3.8) is 0 Å². The van der Waals surface area contributed by atoms with Crippen molar-refractivity contribution in [3.8, 4) is 28.4 Å². The van der Waals surface area contributed by atoms with E-state index in [1.54, 1.807) is 45.2 Å². The Kier molecular flexibility index (Phi) is 13.0. The number of nitrogens with one attached hydrogen (secondary N) is 3. The van der Waals surface area contributed by atoms with Crippen molar-refractivity contribution in [2.45, 2.75) is 76.8 Å². The first-order valence-electron chi connectivity index (χ1n) is 16.5. The number of rotatable bonds is 14. The minimum atomic E-state index is -0.691. The molecule has 2 aliphatic rings. The molecule has 2 atom stereocenters. The molecule has 262 valence electrons. The van der Waals surface area contributed by atoms with Crippen molar-refractivity contribution in [1.29, 1.82) is 0 Å². The van der Waals surface area contributed by atoms with Crippen LogP contribution in [-0.2, 0) is 25.5 Å². The lowest BCUT2D eigenvalue weighted by atomic mass is 9.71. The summed E-state index contributed by atoms with van der Waals surface area (Å²) in [5.74, 6) is 1.38. The summed E-state index contributed by atoms with van der Waals surface area (Å²) >= 11 is 1.61. The minimum Gasteiger partial charge on any atom is -0.493 e. The fourth-order valence-electron chi connectivity index (χ4n) is 7.01. The molecule has 1 fully saturated rings. The lowest BCUT2D eigenvalue weighted by Crippen LogP contribution is -2.46. The third-order valence-corrected chi connectivity index (χ3v) is 10.1. The Morgan fingerprint density at radius 3 is 2.35 bits per heavy atom. The van der Waals surface area contributed by atoms with E-state index in [1.807, 2.05) is 18.4 Å². The number of methoxy groups -OCH3 is 4. The van der Waals surface area contributed by atoms with Crippen LogP contribution in [0.15, 0.2) is 29.1 Å². The van der Waals surface area contributed by atoms with Gasteiger partial charge in [0.05, 0.1) is 46.6 Å². The highest BCUT2D eigenvalue weighted by Gasteiger charge is 2.36. The first-order valence-corrected chi connectivity index (χ1v) is 17.9. The number of benzene rings is 1. The van der Waals surface area contributed by atoms with Crippen molar-refractivity contribution < 1.29 is 33.3 Å². The zero-order chi connectivity index (χ0) is 34.8. The van der Waals surface area contributed by atoms with Crippen molar-refractivity contribution in [2.75, 3.05) is 52.3 Å². The van der Waals surface area contributed by atoms with Crippen molar-refractivity contribution in [3.05, 3.63) is 45.6 Å². The summed E-state index contributed by atoms with van der Waals surface area (Å²) in [5, 5.41) is 9.38. The molecule has 0 radical (unpaired) electrons. The van der Waals surface area contributed by atoms with Crippen LogP contribution in [0, 0.1) is 5.41 Å². The summed E-state index contributed by atoms with van der Waals surface area (Å²) in [5.41, 5.74) is 2.61. The SMILES string of the molecule is COC(=O)CC1(CNC(=O)C(CCSC)Nc2ccc3c(cc2=O)C(NC(C)=O)CCc2cc(OC)c(OC)c(OC)c2-3)CCCCC1. The van der Waals surface area contributed by atoms with E-state index in [2.05, 4.69) is 16.0 Å². The lowest BCUT2D eigenvalue weighted by molar-refractivity contribution is -0.144. The quantitative estimate of drug-likeness (QED) is 0.232. The van der Waals surface area contributed by atoms with Gasteiger partial charge >= 0.3 is 5.97 Å². The third kappa shape index (κ3) is 8.56. The average molecular weight is 684 g/mol. The van der Waals surface area contributed by atoms with E-state index in [-0.39, 0.29) is 40.7 Å². The Morgan fingerprint density at radius 2 is 1.73 bits per heavy atom. The van der Waals surface area contributed by atoms with Gasteiger partial charge in [0, 0.05) is 19.0 Å². The number of carbonyl (C=O) groups is 3. The smallest absolute Gasteiger partial charge is 0.306 e. The van der Waals surface area contributed by atoms with Gasteiger partial charge in [0.1, 0.15) is 6.04 Å². The average Bonchev–Trinajstić information content (AvgIpc) is 3.32. The van der Waals surface area contributed by atoms with E-state index >= 15 is 0 Å². The molecule has 48 heavy (non-hydrogen) atoms. The molecule has 0 spiro atoms. The Bertz CT molecular complexity index is 1540. The first-order chi connectivity index (χ1) is 23.1. The van der Waals surface area contributed by atoms with Crippen LogP contribution in [0.4, 0.5) is 5.69 Å². The standard InChI is InChI=1S/C36H49N3O8S/c1-22(40)38-26-12-10-23-18-30(44-2)33(46-4)34(47-5)32(23)24-11-13-27(29(41)19-25(24)26)39-28(14-17-48-6)35(43)37-21-36(20-31(42)45-3)15-8-7-9-16-36/h11,13,18-19,26,28H,7-10,12,14-17,20-21H2,1-6H3,(H,37,43)(H,38,40)(H,39,41). The molecule has 11 nitrogen and oxygen atoms in total. The van der Waals surface area contributed by atoms with Gasteiger partial charge in [-0.2, -0.15) is 11.8 Å². The number of hydrogen-bond acceptors (Lipinski definition) is 10. The van der Waals surface area contributed by atoms with E-state index in [4.69, 9.17) is 18.9 Å². The van der Waals surface area contributed by atoms with Gasteiger partial charge in [-0.05, 0) is 84.4 Å². The molecular weight excluding hydrogens is 634 g/mol. The molecule has 12 heteroatoms. The number of ether oxygens (including phenoxy) is 4. The van der Waals surface area contributed by atoms with E-state index in [9.17, 15) is 19.2 Å². The fourth-order valence-corrected chi connectivity index (χ4v) is 7.48. The van der Waals surface area contributed by atoms with Gasteiger partial charge in [0.15, 0.2) is 11.5 Å². The normalized spacial score (nSPS) is 17.0. The summed E-state index contributed by atoms with van der Waals surface area (Å²) in [4.78, 5) is 52.3. The predicted molar refractivity (Wildman–Crippen MR) is 188 cm³/mol. The number of esters is 1. The Hall–Kier alpha value is -3.93. The first kappa shape index (κ1) is 36.9. The van der Waals surface area contributed by atoms with E-state index in [1.165, 1.54) is 14.0 Å². The van der Waals surface area contributed by atoms with E-state index in [0.717, 1.165) is 43.2 Å². The van der Waals surface area contributed by atoms with Crippen LogP contribution >= 0.6 is 11.8 Å². The maximum atomic E-state index is 13.9. The number of carbonyl (C=O) groups excluding carboxylic acids is 3. The summed E-state index contributed by atoms with van der Waals surface area (Å²) in [6.45, 7) is 1.82. The number of amides is 2. The van der Waals surface area contributed by atoms with E-state index in [0.29, 0.717) is 59.9 Å². The van der Waals surface area contributed by atoms with E-state index < -0.39 is 12.1 Å². The van der Waals surface area contributed by atoms with Crippen LogP contribution < -0.4 is 35.6 Å². The molecule has 2 aromatic rings. The van der Waals surface area contributed by atoms with Crippen LogP contribution in [0.5, 0.6) is 17.2 Å². The van der Waals surface area contributed by atoms with Crippen LogP contribution in [-0.4, -0.2) is 70.8 Å². The second-order valence-corrected chi connectivity index (χ2v) is 13.6. The monoisotopic (exact) mass is 683 g/mol. The van der Waals surface area contributed by atoms with Crippen LogP contribution in [0.3, 0.4) is 0 Å². The largest absolute Gasteiger partial charge is 0.493 e. The second-order valence-electron chi connectivity index (χ2n) is 12.6. The van der Waals surface area contributed by atoms with Crippen molar-refractivity contribution in [1.82, 2.24) is 10.6 Å². The highest BCUT2D eigenvalue weighted by atomic mass is 32.2. The van der Waals surface area contributed by atoms with Gasteiger partial charge in [-0.25, -0.2) is 0 Å². The topological polar surface area (TPSA) is 141 Å². The molecule has 2 aliphatic carbocycles. The zero-order valence-electron chi connectivity index (χ0n) is 28.9. The molecule has 0 aromatic heterocycles. The molecule has 2 amide bonds. The molecule has 3 N–H and O–H groups in total. The molecule has 1 saturated carbocycles. The Balaban J connectivity index is 1.74. The predicted octanol–water partition coefficient (Wildman–Crippen LogP) is 5.03. The lowest BCUT2D eigenvalue weighted by Gasteiger charge is -2.37. The van der Waals surface area contributed by atoms with Gasteiger partial charge in [-0.1, -0.05) is 25.3 Å². The Morgan fingerprint density at radius 1 is 1.00 bits per heavy atom. The molecule has 0 aliphatic heterocycles. The molecule has 0 saturated heterocycles. The number of aryl methyl sites for hydroxylation is 1. The summed E-state index contributed by atoms with van der Waals surface area (Å²) in [7, 11) is 6.05. The molecule has 0 heterocycles. The van der Waals surface area contributed by atoms with Gasteiger partial charge in [0.2, 0.25) is 23.0 Å². The third-order valence-electron chi connectivity index (χ3n) is 9.47. The van der Waals surface area contributed by atoms with Crippen LogP contribution in [0.2, 0.25) is 0 Å². The summed E-state index contributed by atoms with van der Waals surface area (Å²) < 4.78 is 22.2. The number of hydrogen-bond donors (Lipinski definition) is 3. The van der Waals surface area contributed by atoms with Crippen LogP contribution in [0.25, 0.3) is 11.1 Å². The molecular formula is C36H49N3O8S. The van der Waals surface area contributed by atoms with Crippen molar-refractivity contribution in [2.24, 2.45) is 5.41 Å². The maximum Gasteiger partial charge on any atom is 0.306 e. The number of thioether (sulfide) groups is 1. The van der Waals surface area contributed by atoms with Gasteiger partial charge < -0.3 is 34.9 Å². The highest BCUT2D eigenvalue weighted by molar-refractivity contribution is 7.98. The van der Waals surface area contributed by atoms with Crippen molar-refractivity contribution >= 4 is 35.2 Å². The number of fused-ring (bicyclic) bond motifs is 3. The zero-order valence-corrected chi connectivity index (χ0v) is 29.7. The fraction of sp³-hybridized carbons (Fsp3) is 0.556. The summed E-state index contributed by atoms with van der Waals surface area (Å²) in [6, 6.07) is 5.84. The number of anilines is 1. The minimum absolute atomic E-state index is 0.215. The molecule has 2 unspecified atom stereocenters. The maximum absolute atomic E-state index is 13.9. The van der Waals surface area contributed by atoms with Crippen LogP contribution in [0.1, 0.15) is 75.5 Å². The summed E-state index contributed by atoms with van der Waals surface area (Å²) in [6.07, 6.45) is 8.62. The highest BCUT2D eigenvalue weighted by Crippen LogP contribution is 2.50.